The Hall–Kier alpha value is -2.22. The molecule has 4 aliphatic rings. The molecule has 2 aromatic heterocycles. The molecule has 3 saturated heterocycles. The van der Waals surface area contributed by atoms with E-state index in [2.05, 4.69) is 39.6 Å². The van der Waals surface area contributed by atoms with Gasteiger partial charge in [-0.1, -0.05) is 24.6 Å². The van der Waals surface area contributed by atoms with E-state index in [4.69, 9.17) is 4.98 Å². The highest BCUT2D eigenvalue weighted by Gasteiger charge is 2.46. The molecule has 2 unspecified atom stereocenters. The number of rotatable bonds is 5. The van der Waals surface area contributed by atoms with Crippen LogP contribution >= 0.6 is 0 Å². The number of likely N-dealkylation sites (tertiary alicyclic amines) is 1. The summed E-state index contributed by atoms with van der Waals surface area (Å²) in [5.41, 5.74) is 5.41. The van der Waals surface area contributed by atoms with Crippen molar-refractivity contribution in [2.45, 2.75) is 99.7 Å². The van der Waals surface area contributed by atoms with Crippen LogP contribution in [0.3, 0.4) is 0 Å². The molecule has 1 saturated carbocycles. The lowest BCUT2D eigenvalue weighted by atomic mass is 9.84. The molecule has 0 radical (unpaired) electrons. The van der Waals surface area contributed by atoms with Crippen LogP contribution in [0.15, 0.2) is 47.6 Å². The van der Waals surface area contributed by atoms with Crippen LogP contribution in [-0.2, 0) is 9.84 Å². The van der Waals surface area contributed by atoms with Crippen molar-refractivity contribution in [3.8, 4) is 11.3 Å². The molecule has 202 valence electrons. The molecule has 1 aromatic carbocycles. The van der Waals surface area contributed by atoms with Gasteiger partial charge in [0.05, 0.1) is 10.6 Å². The predicted octanol–water partition coefficient (Wildman–Crippen LogP) is 5.44. The number of hydrogen-bond acceptors (Lipinski definition) is 5. The van der Waals surface area contributed by atoms with Crippen LogP contribution in [0, 0.1) is 6.92 Å². The van der Waals surface area contributed by atoms with E-state index in [1.807, 2.05) is 12.1 Å². The third-order valence-corrected chi connectivity index (χ3v) is 11.2. The summed E-state index contributed by atoms with van der Waals surface area (Å²) in [7, 11) is -3.20. The maximum absolute atomic E-state index is 11.8. The van der Waals surface area contributed by atoms with Gasteiger partial charge in [0, 0.05) is 48.4 Å². The number of sulfone groups is 1. The third kappa shape index (κ3) is 4.40. The lowest BCUT2D eigenvalue weighted by Gasteiger charge is -2.50. The van der Waals surface area contributed by atoms with Gasteiger partial charge in [-0.3, -0.25) is 4.90 Å². The van der Waals surface area contributed by atoms with Crippen LogP contribution in [0.1, 0.15) is 74.8 Å². The molecular formula is C31H40N4O2S. The zero-order valence-corrected chi connectivity index (χ0v) is 23.5. The molecule has 6 nitrogen and oxygen atoms in total. The Bertz CT molecular complexity index is 1420. The molecule has 38 heavy (non-hydrogen) atoms. The Labute approximate surface area is 227 Å². The van der Waals surface area contributed by atoms with Crippen molar-refractivity contribution in [2.75, 3.05) is 19.3 Å². The van der Waals surface area contributed by atoms with Crippen LogP contribution in [0.25, 0.3) is 16.9 Å². The van der Waals surface area contributed by atoms with E-state index in [9.17, 15) is 8.42 Å². The molecule has 7 rings (SSSR count). The summed E-state index contributed by atoms with van der Waals surface area (Å²) in [5, 5.41) is 0. The first kappa shape index (κ1) is 24.8. The molecule has 7 heteroatoms. The number of hydrogen-bond donors (Lipinski definition) is 0. The van der Waals surface area contributed by atoms with Gasteiger partial charge in [-0.15, -0.1) is 0 Å². The van der Waals surface area contributed by atoms with Gasteiger partial charge >= 0.3 is 0 Å². The summed E-state index contributed by atoms with van der Waals surface area (Å²) in [6.07, 6.45) is 18.1. The Morgan fingerprint density at radius 2 is 1.53 bits per heavy atom. The molecule has 0 N–H and O–H groups in total. The smallest absolute Gasteiger partial charge is 0.175 e. The number of nitrogens with zero attached hydrogens (tertiary/aromatic N) is 4. The van der Waals surface area contributed by atoms with Crippen molar-refractivity contribution in [2.24, 2.45) is 0 Å². The minimum Gasteiger partial charge on any atom is -0.306 e. The number of aryl methyl sites for hydroxylation is 1. The van der Waals surface area contributed by atoms with Crippen LogP contribution in [0.4, 0.5) is 0 Å². The van der Waals surface area contributed by atoms with Gasteiger partial charge in [-0.2, -0.15) is 0 Å². The lowest BCUT2D eigenvalue weighted by molar-refractivity contribution is -0.000830. The van der Waals surface area contributed by atoms with Gasteiger partial charge in [0.2, 0.25) is 0 Å². The number of imidazole rings is 1. The first-order valence-corrected chi connectivity index (χ1v) is 16.5. The molecule has 0 spiro atoms. The van der Waals surface area contributed by atoms with Gasteiger partial charge < -0.3 is 9.30 Å². The SMILES string of the molecule is Cc1cc(C2CCN(C3CC4CCC(C3)N4C3CCC3)CC2)cn2cc(-c3ccc(S(C)(=O)=O)cc3)nc12. The summed E-state index contributed by atoms with van der Waals surface area (Å²) in [6, 6.07) is 12.8. The molecule has 5 heterocycles. The molecular weight excluding hydrogens is 492 g/mol. The fraction of sp³-hybridized carbons (Fsp3) is 0.581. The van der Waals surface area contributed by atoms with Crippen molar-refractivity contribution in [1.82, 2.24) is 19.2 Å². The Morgan fingerprint density at radius 1 is 0.842 bits per heavy atom. The molecule has 2 bridgehead atoms. The third-order valence-electron chi connectivity index (χ3n) is 10.1. The minimum absolute atomic E-state index is 0.339. The van der Waals surface area contributed by atoms with E-state index >= 15 is 0 Å². The van der Waals surface area contributed by atoms with E-state index in [0.29, 0.717) is 10.8 Å². The van der Waals surface area contributed by atoms with Gasteiger partial charge in [0.1, 0.15) is 5.65 Å². The second kappa shape index (κ2) is 9.46. The fourth-order valence-electron chi connectivity index (χ4n) is 7.89. The van der Waals surface area contributed by atoms with Gasteiger partial charge in [0.15, 0.2) is 9.84 Å². The number of pyridine rings is 1. The maximum atomic E-state index is 11.8. The minimum atomic E-state index is -3.20. The van der Waals surface area contributed by atoms with Gasteiger partial charge in [0.25, 0.3) is 0 Å². The standard InChI is InChI=1S/C31H40N4O2S/c1-21-16-24(19-34-20-30(32-31(21)34)23-6-10-29(11-7-23)38(2,36)37)22-12-14-33(15-13-22)28-17-26-8-9-27(18-28)35(26)25-4-3-5-25/h6-7,10-11,16,19-20,22,25-28H,3-5,8-9,12-15,17-18H2,1-2H3. The Kier molecular flexibility index (Phi) is 6.17. The molecule has 0 amide bonds. The summed E-state index contributed by atoms with van der Waals surface area (Å²) in [5.74, 6) is 0.598. The van der Waals surface area contributed by atoms with Gasteiger partial charge in [-0.25, -0.2) is 13.4 Å². The Morgan fingerprint density at radius 3 is 2.13 bits per heavy atom. The normalized spacial score (nSPS) is 27.7. The summed E-state index contributed by atoms with van der Waals surface area (Å²) in [4.78, 5) is 11.0. The highest BCUT2D eigenvalue weighted by atomic mass is 32.2. The topological polar surface area (TPSA) is 57.9 Å². The van der Waals surface area contributed by atoms with Crippen LogP contribution in [0.2, 0.25) is 0 Å². The van der Waals surface area contributed by atoms with Crippen molar-refractivity contribution >= 4 is 15.5 Å². The first-order valence-electron chi connectivity index (χ1n) is 14.6. The van der Waals surface area contributed by atoms with Crippen molar-refractivity contribution < 1.29 is 8.42 Å². The second-order valence-corrected chi connectivity index (χ2v) is 14.5. The lowest BCUT2D eigenvalue weighted by Crippen LogP contribution is -2.56. The number of aromatic nitrogens is 2. The largest absolute Gasteiger partial charge is 0.306 e. The van der Waals surface area contributed by atoms with Gasteiger partial charge in [-0.05, 0) is 101 Å². The predicted molar refractivity (Wildman–Crippen MR) is 151 cm³/mol. The first-order chi connectivity index (χ1) is 18.3. The zero-order chi connectivity index (χ0) is 26.0. The zero-order valence-electron chi connectivity index (χ0n) is 22.7. The highest BCUT2D eigenvalue weighted by molar-refractivity contribution is 7.90. The fourth-order valence-corrected chi connectivity index (χ4v) is 8.52. The highest BCUT2D eigenvalue weighted by Crippen LogP contribution is 2.44. The molecule has 3 aromatic rings. The van der Waals surface area contributed by atoms with E-state index < -0.39 is 9.84 Å². The summed E-state index contributed by atoms with van der Waals surface area (Å²) in [6.45, 7) is 4.59. The van der Waals surface area contributed by atoms with E-state index in [0.717, 1.165) is 41.1 Å². The van der Waals surface area contributed by atoms with Crippen LogP contribution in [-0.4, -0.2) is 71.1 Å². The summed E-state index contributed by atoms with van der Waals surface area (Å²) >= 11 is 0. The average molecular weight is 533 g/mol. The van der Waals surface area contributed by atoms with Crippen molar-refractivity contribution in [3.63, 3.8) is 0 Å². The number of benzene rings is 1. The maximum Gasteiger partial charge on any atom is 0.175 e. The van der Waals surface area contributed by atoms with E-state index in [1.54, 1.807) is 12.1 Å². The van der Waals surface area contributed by atoms with Crippen molar-refractivity contribution in [3.05, 3.63) is 53.9 Å². The number of piperidine rings is 2. The molecule has 1 aliphatic carbocycles. The Balaban J connectivity index is 1.03. The monoisotopic (exact) mass is 532 g/mol. The molecule has 3 aliphatic heterocycles. The average Bonchev–Trinajstić information content (AvgIpc) is 3.41. The van der Waals surface area contributed by atoms with E-state index in [1.165, 1.54) is 88.3 Å². The molecule has 2 atom stereocenters. The number of fused-ring (bicyclic) bond motifs is 3. The summed E-state index contributed by atoms with van der Waals surface area (Å²) < 4.78 is 25.8. The van der Waals surface area contributed by atoms with Crippen LogP contribution in [0.5, 0.6) is 0 Å². The van der Waals surface area contributed by atoms with Crippen molar-refractivity contribution in [1.29, 1.82) is 0 Å². The molecule has 4 fully saturated rings. The van der Waals surface area contributed by atoms with Crippen LogP contribution < -0.4 is 0 Å². The van der Waals surface area contributed by atoms with E-state index in [-0.39, 0.29) is 0 Å². The second-order valence-electron chi connectivity index (χ2n) is 12.5. The quantitative estimate of drug-likeness (QED) is 0.438.